The first-order valence-electron chi connectivity index (χ1n) is 5.56. The Kier molecular flexibility index (Phi) is 4.70. The van der Waals surface area contributed by atoms with Crippen LogP contribution < -0.4 is 5.32 Å². The summed E-state index contributed by atoms with van der Waals surface area (Å²) in [5, 5.41) is 12.0. The molecule has 2 rings (SSSR count). The zero-order chi connectivity index (χ0) is 14.5. The molecular weight excluding hydrogens is 301 g/mol. The second kappa shape index (κ2) is 6.49. The van der Waals surface area contributed by atoms with Gasteiger partial charge in [-0.15, -0.1) is 0 Å². The largest absolute Gasteiger partial charge is 0.440 e. The Hall–Kier alpha value is -1.93. The Bertz CT molecular complexity index is 698. The van der Waals surface area contributed by atoms with E-state index in [2.05, 4.69) is 17.2 Å². The number of carbonyl (C=O) groups excluding carboxylic acids is 1. The summed E-state index contributed by atoms with van der Waals surface area (Å²) in [7, 11) is 0. The van der Waals surface area contributed by atoms with Crippen LogP contribution in [-0.2, 0) is 0 Å². The van der Waals surface area contributed by atoms with Crippen molar-refractivity contribution < 1.29 is 14.3 Å². The molecular formula is C14H9Cl2NO3. The summed E-state index contributed by atoms with van der Waals surface area (Å²) >= 11 is 11.5. The molecule has 0 unspecified atom stereocenters. The van der Waals surface area contributed by atoms with Crippen LogP contribution in [0.2, 0.25) is 10.2 Å². The quantitative estimate of drug-likeness (QED) is 0.837. The molecule has 2 aromatic rings. The van der Waals surface area contributed by atoms with Gasteiger partial charge < -0.3 is 14.8 Å². The molecule has 0 bridgehead atoms. The van der Waals surface area contributed by atoms with Crippen LogP contribution in [0.5, 0.6) is 0 Å². The van der Waals surface area contributed by atoms with Crippen molar-refractivity contribution in [1.29, 1.82) is 0 Å². The second-order valence-corrected chi connectivity index (χ2v) is 4.52. The van der Waals surface area contributed by atoms with Crippen molar-refractivity contribution in [2.75, 3.05) is 11.9 Å². The van der Waals surface area contributed by atoms with Crippen LogP contribution in [0.4, 0.5) is 5.69 Å². The van der Waals surface area contributed by atoms with Gasteiger partial charge in [-0.3, -0.25) is 4.79 Å². The first-order chi connectivity index (χ1) is 9.60. The van der Waals surface area contributed by atoms with Crippen LogP contribution in [-0.4, -0.2) is 17.6 Å². The normalized spacial score (nSPS) is 9.75. The molecule has 1 aromatic carbocycles. The fourth-order valence-electron chi connectivity index (χ4n) is 1.48. The number of aliphatic hydroxyl groups is 1. The number of rotatable bonds is 2. The molecule has 1 aromatic heterocycles. The number of aliphatic hydroxyl groups excluding tert-OH is 1. The van der Waals surface area contributed by atoms with E-state index < -0.39 is 5.91 Å². The van der Waals surface area contributed by atoms with Gasteiger partial charge in [0.15, 0.2) is 11.0 Å². The molecule has 0 radical (unpaired) electrons. The fraction of sp³-hybridized carbons (Fsp3) is 0.0714. The van der Waals surface area contributed by atoms with Gasteiger partial charge in [0.25, 0.3) is 5.91 Å². The van der Waals surface area contributed by atoms with Crippen molar-refractivity contribution in [2.24, 2.45) is 0 Å². The molecule has 2 N–H and O–H groups in total. The lowest BCUT2D eigenvalue weighted by atomic mass is 10.1. The van der Waals surface area contributed by atoms with Gasteiger partial charge in [-0.2, -0.15) is 0 Å². The van der Waals surface area contributed by atoms with Gasteiger partial charge in [-0.05, 0) is 41.9 Å². The maximum absolute atomic E-state index is 11.9. The SMILES string of the molecule is O=C(Nc1ccc(Cl)cc1C#CCO)c1ccc(Cl)o1. The van der Waals surface area contributed by atoms with E-state index in [1.54, 1.807) is 18.2 Å². The molecule has 1 heterocycles. The van der Waals surface area contributed by atoms with Gasteiger partial charge >= 0.3 is 0 Å². The molecule has 6 heteroatoms. The lowest BCUT2D eigenvalue weighted by Gasteiger charge is -2.06. The molecule has 0 spiro atoms. The van der Waals surface area contributed by atoms with Crippen molar-refractivity contribution in [3.63, 3.8) is 0 Å². The van der Waals surface area contributed by atoms with E-state index >= 15 is 0 Å². The van der Waals surface area contributed by atoms with Gasteiger partial charge in [0, 0.05) is 10.6 Å². The van der Waals surface area contributed by atoms with Crippen molar-refractivity contribution in [2.45, 2.75) is 0 Å². The molecule has 0 saturated carbocycles. The monoisotopic (exact) mass is 309 g/mol. The molecule has 0 saturated heterocycles. The molecule has 20 heavy (non-hydrogen) atoms. The summed E-state index contributed by atoms with van der Waals surface area (Å²) < 4.78 is 5.01. The zero-order valence-corrected chi connectivity index (χ0v) is 11.6. The molecule has 1 amide bonds. The standard InChI is InChI=1S/C14H9Cl2NO3/c15-10-3-4-11(9(8-10)2-1-7-18)17-14(19)12-5-6-13(16)20-12/h3-6,8,18H,7H2,(H,17,19). The number of amides is 1. The molecule has 0 aliphatic rings. The third kappa shape index (κ3) is 3.55. The Morgan fingerprint density at radius 1 is 1.30 bits per heavy atom. The highest BCUT2D eigenvalue weighted by atomic mass is 35.5. The predicted molar refractivity (Wildman–Crippen MR) is 77.1 cm³/mol. The van der Waals surface area contributed by atoms with Crippen LogP contribution in [0, 0.1) is 11.8 Å². The number of benzene rings is 1. The Labute approximate surface area is 125 Å². The maximum atomic E-state index is 11.9. The van der Waals surface area contributed by atoms with Crippen LogP contribution >= 0.6 is 23.2 Å². The highest BCUT2D eigenvalue weighted by Gasteiger charge is 2.12. The van der Waals surface area contributed by atoms with E-state index in [0.29, 0.717) is 16.3 Å². The Balaban J connectivity index is 2.26. The summed E-state index contributed by atoms with van der Waals surface area (Å²) in [5.41, 5.74) is 0.963. The number of anilines is 1. The molecule has 102 valence electrons. The summed E-state index contributed by atoms with van der Waals surface area (Å²) in [5.74, 6) is 4.85. The average Bonchev–Trinajstić information content (AvgIpc) is 2.85. The van der Waals surface area contributed by atoms with Crippen LogP contribution in [0.3, 0.4) is 0 Å². The first kappa shape index (κ1) is 14.5. The summed E-state index contributed by atoms with van der Waals surface area (Å²) in [4.78, 5) is 11.9. The van der Waals surface area contributed by atoms with E-state index in [0.717, 1.165) is 0 Å². The number of nitrogens with one attached hydrogen (secondary N) is 1. The van der Waals surface area contributed by atoms with Crippen molar-refractivity contribution in [3.8, 4) is 11.8 Å². The number of hydrogen-bond acceptors (Lipinski definition) is 3. The first-order valence-corrected chi connectivity index (χ1v) is 6.31. The van der Waals surface area contributed by atoms with Crippen molar-refractivity contribution >= 4 is 34.8 Å². The molecule has 0 aliphatic heterocycles. The minimum absolute atomic E-state index is 0.0889. The third-order valence-corrected chi connectivity index (χ3v) is 2.77. The van der Waals surface area contributed by atoms with Gasteiger partial charge in [0.2, 0.25) is 0 Å². The van der Waals surface area contributed by atoms with Crippen molar-refractivity contribution in [3.05, 3.63) is 51.9 Å². The second-order valence-electron chi connectivity index (χ2n) is 3.71. The summed E-state index contributed by atoms with van der Waals surface area (Å²) in [6, 6.07) is 7.77. The van der Waals surface area contributed by atoms with Gasteiger partial charge in [-0.1, -0.05) is 23.4 Å². The number of halogens is 2. The molecule has 0 atom stereocenters. The minimum Gasteiger partial charge on any atom is -0.440 e. The smallest absolute Gasteiger partial charge is 0.291 e. The van der Waals surface area contributed by atoms with Gasteiger partial charge in [0.05, 0.1) is 5.69 Å². The molecule has 0 aliphatic carbocycles. The number of hydrogen-bond donors (Lipinski definition) is 2. The van der Waals surface area contributed by atoms with Crippen molar-refractivity contribution in [1.82, 2.24) is 0 Å². The maximum Gasteiger partial charge on any atom is 0.291 e. The summed E-state index contributed by atoms with van der Waals surface area (Å²) in [6.45, 7) is -0.284. The third-order valence-electron chi connectivity index (χ3n) is 2.33. The van der Waals surface area contributed by atoms with E-state index in [-0.39, 0.29) is 17.6 Å². The van der Waals surface area contributed by atoms with Crippen LogP contribution in [0.25, 0.3) is 0 Å². The van der Waals surface area contributed by atoms with E-state index in [1.807, 2.05) is 0 Å². The highest BCUT2D eigenvalue weighted by Crippen LogP contribution is 2.21. The predicted octanol–water partition coefficient (Wildman–Crippen LogP) is 3.18. The topological polar surface area (TPSA) is 62.5 Å². The lowest BCUT2D eigenvalue weighted by Crippen LogP contribution is -2.11. The highest BCUT2D eigenvalue weighted by molar-refractivity contribution is 6.30. The van der Waals surface area contributed by atoms with E-state index in [9.17, 15) is 4.79 Å². The lowest BCUT2D eigenvalue weighted by molar-refractivity contribution is 0.0996. The minimum atomic E-state index is -0.453. The number of carbonyl (C=O) groups is 1. The van der Waals surface area contributed by atoms with Gasteiger partial charge in [-0.25, -0.2) is 0 Å². The van der Waals surface area contributed by atoms with Crippen LogP contribution in [0.1, 0.15) is 16.1 Å². The Morgan fingerprint density at radius 2 is 2.10 bits per heavy atom. The molecule has 4 nitrogen and oxygen atoms in total. The zero-order valence-electron chi connectivity index (χ0n) is 10.1. The van der Waals surface area contributed by atoms with Gasteiger partial charge in [0.1, 0.15) is 6.61 Å². The number of furan rings is 1. The van der Waals surface area contributed by atoms with Crippen LogP contribution in [0.15, 0.2) is 34.7 Å². The fourth-order valence-corrected chi connectivity index (χ4v) is 1.80. The van der Waals surface area contributed by atoms with E-state index in [1.165, 1.54) is 12.1 Å². The average molecular weight is 310 g/mol. The summed E-state index contributed by atoms with van der Waals surface area (Å²) in [6.07, 6.45) is 0. The molecule has 0 fully saturated rings. The Morgan fingerprint density at radius 3 is 2.75 bits per heavy atom. The van der Waals surface area contributed by atoms with E-state index in [4.69, 9.17) is 32.7 Å².